The smallest absolute Gasteiger partial charge is 0.267 e. The van der Waals surface area contributed by atoms with Gasteiger partial charge in [0, 0.05) is 18.3 Å². The van der Waals surface area contributed by atoms with Crippen molar-refractivity contribution in [2.24, 2.45) is 0 Å². The van der Waals surface area contributed by atoms with Crippen molar-refractivity contribution in [2.75, 3.05) is 0 Å². The molecule has 5 nitrogen and oxygen atoms in total. The van der Waals surface area contributed by atoms with Crippen LogP contribution in [0.5, 0.6) is 0 Å². The standard InChI is InChI=1S/C18H12N4O/c23-18-14-7-4-10-19-16(14)22-17-15(21-18)9-8-13(20-17)11-12-5-2-1-3-6-12/h1-10H,11H2. The quantitative estimate of drug-likeness (QED) is 0.569. The fourth-order valence-electron chi connectivity index (χ4n) is 2.48. The van der Waals surface area contributed by atoms with Crippen LogP contribution >= 0.6 is 0 Å². The van der Waals surface area contributed by atoms with E-state index in [2.05, 4.69) is 32.1 Å². The summed E-state index contributed by atoms with van der Waals surface area (Å²) < 4.78 is 0. The van der Waals surface area contributed by atoms with Crippen LogP contribution < -0.4 is 5.56 Å². The Balaban J connectivity index is 1.90. The zero-order valence-corrected chi connectivity index (χ0v) is 12.2. The molecule has 0 radical (unpaired) electrons. The van der Waals surface area contributed by atoms with Crippen LogP contribution in [0.4, 0.5) is 0 Å². The number of hydrogen-bond donors (Lipinski definition) is 0. The van der Waals surface area contributed by atoms with Crippen molar-refractivity contribution in [2.45, 2.75) is 6.42 Å². The molecule has 3 aromatic heterocycles. The highest BCUT2D eigenvalue weighted by Gasteiger charge is 2.06. The van der Waals surface area contributed by atoms with Gasteiger partial charge in [0.1, 0.15) is 5.52 Å². The molecule has 4 aromatic rings. The Labute approximate surface area is 131 Å². The average Bonchev–Trinajstić information content (AvgIpc) is 2.72. The summed E-state index contributed by atoms with van der Waals surface area (Å²) in [6, 6.07) is 17.1. The Morgan fingerprint density at radius 3 is 2.52 bits per heavy atom. The van der Waals surface area contributed by atoms with Crippen molar-refractivity contribution >= 4 is 22.2 Å². The molecule has 0 saturated carbocycles. The highest BCUT2D eigenvalue weighted by atomic mass is 16.1. The van der Waals surface area contributed by atoms with E-state index in [0.29, 0.717) is 28.6 Å². The fourth-order valence-corrected chi connectivity index (χ4v) is 2.48. The molecule has 23 heavy (non-hydrogen) atoms. The molecule has 110 valence electrons. The number of fused-ring (bicyclic) bond motifs is 2. The monoisotopic (exact) mass is 300 g/mol. The van der Waals surface area contributed by atoms with E-state index >= 15 is 0 Å². The second kappa shape index (κ2) is 5.53. The van der Waals surface area contributed by atoms with Gasteiger partial charge in [-0.1, -0.05) is 30.3 Å². The minimum absolute atomic E-state index is 0.340. The zero-order valence-electron chi connectivity index (χ0n) is 12.2. The molecule has 0 amide bonds. The molecule has 1 aromatic carbocycles. The maximum absolute atomic E-state index is 12.1. The van der Waals surface area contributed by atoms with Gasteiger partial charge in [-0.05, 0) is 29.8 Å². The van der Waals surface area contributed by atoms with E-state index in [9.17, 15) is 4.79 Å². The Morgan fingerprint density at radius 2 is 1.65 bits per heavy atom. The predicted octanol–water partition coefficient (Wildman–Crippen LogP) is 2.52. The number of hydrogen-bond acceptors (Lipinski definition) is 5. The zero-order chi connectivity index (χ0) is 15.6. The first-order valence-corrected chi connectivity index (χ1v) is 7.26. The first-order valence-electron chi connectivity index (χ1n) is 7.26. The summed E-state index contributed by atoms with van der Waals surface area (Å²) in [5, 5.41) is 0.398. The van der Waals surface area contributed by atoms with E-state index in [1.807, 2.05) is 24.3 Å². The van der Waals surface area contributed by atoms with Crippen LogP contribution in [0.15, 0.2) is 65.6 Å². The summed E-state index contributed by atoms with van der Waals surface area (Å²) in [5.41, 5.74) is 2.98. The van der Waals surface area contributed by atoms with Crippen molar-refractivity contribution in [3.63, 3.8) is 0 Å². The number of pyridine rings is 2. The second-order valence-electron chi connectivity index (χ2n) is 5.21. The Bertz CT molecular complexity index is 1060. The van der Waals surface area contributed by atoms with Gasteiger partial charge in [0.25, 0.3) is 5.56 Å². The lowest BCUT2D eigenvalue weighted by atomic mass is 10.1. The van der Waals surface area contributed by atoms with Crippen molar-refractivity contribution in [3.8, 4) is 0 Å². The minimum atomic E-state index is -0.340. The summed E-state index contributed by atoms with van der Waals surface area (Å²) in [7, 11) is 0. The van der Waals surface area contributed by atoms with Gasteiger partial charge in [0.05, 0.1) is 5.39 Å². The molecule has 3 heterocycles. The summed E-state index contributed by atoms with van der Waals surface area (Å²) in [6.45, 7) is 0. The van der Waals surface area contributed by atoms with Crippen molar-refractivity contribution in [3.05, 3.63) is 82.4 Å². The van der Waals surface area contributed by atoms with Gasteiger partial charge >= 0.3 is 0 Å². The van der Waals surface area contributed by atoms with Gasteiger partial charge in [0.2, 0.25) is 0 Å². The largest absolute Gasteiger partial charge is 0.281 e. The van der Waals surface area contributed by atoms with Gasteiger partial charge in [-0.2, -0.15) is 0 Å². The van der Waals surface area contributed by atoms with Crippen LogP contribution in [0.2, 0.25) is 0 Å². The van der Waals surface area contributed by atoms with Crippen LogP contribution in [-0.4, -0.2) is 19.9 Å². The summed E-state index contributed by atoms with van der Waals surface area (Å²) >= 11 is 0. The van der Waals surface area contributed by atoms with E-state index in [-0.39, 0.29) is 5.56 Å². The van der Waals surface area contributed by atoms with Crippen LogP contribution in [-0.2, 0) is 6.42 Å². The maximum atomic E-state index is 12.1. The molecule has 0 N–H and O–H groups in total. The lowest BCUT2D eigenvalue weighted by molar-refractivity contribution is 1.08. The van der Waals surface area contributed by atoms with E-state index in [4.69, 9.17) is 0 Å². The van der Waals surface area contributed by atoms with Crippen LogP contribution in [0.25, 0.3) is 22.2 Å². The maximum Gasteiger partial charge on any atom is 0.281 e. The Hall–Kier alpha value is -3.21. The van der Waals surface area contributed by atoms with E-state index in [1.165, 1.54) is 5.56 Å². The van der Waals surface area contributed by atoms with Crippen LogP contribution in [0, 0.1) is 0 Å². The lowest BCUT2D eigenvalue weighted by Crippen LogP contribution is -2.02. The van der Waals surface area contributed by atoms with Gasteiger partial charge in [-0.3, -0.25) is 4.79 Å². The number of rotatable bonds is 2. The molecule has 0 aliphatic heterocycles. The molecular formula is C18H12N4O. The Kier molecular flexibility index (Phi) is 3.24. The summed E-state index contributed by atoms with van der Waals surface area (Å²) in [6.07, 6.45) is 2.31. The highest BCUT2D eigenvalue weighted by molar-refractivity contribution is 5.79. The summed E-state index contributed by atoms with van der Waals surface area (Å²) in [4.78, 5) is 29.4. The molecule has 5 heteroatoms. The molecule has 0 saturated heterocycles. The second-order valence-corrected chi connectivity index (χ2v) is 5.21. The van der Waals surface area contributed by atoms with Crippen molar-refractivity contribution in [1.29, 1.82) is 0 Å². The van der Waals surface area contributed by atoms with E-state index < -0.39 is 0 Å². The number of nitrogens with zero attached hydrogens (tertiary/aromatic N) is 4. The molecule has 0 aliphatic carbocycles. The van der Waals surface area contributed by atoms with Gasteiger partial charge in [-0.25, -0.2) is 19.9 Å². The molecule has 0 aliphatic rings. The van der Waals surface area contributed by atoms with Gasteiger partial charge in [-0.15, -0.1) is 0 Å². The van der Waals surface area contributed by atoms with Crippen molar-refractivity contribution in [1.82, 2.24) is 19.9 Å². The third-order valence-electron chi connectivity index (χ3n) is 3.59. The average molecular weight is 300 g/mol. The highest BCUT2D eigenvalue weighted by Crippen LogP contribution is 2.12. The van der Waals surface area contributed by atoms with Gasteiger partial charge in [0.15, 0.2) is 11.3 Å². The topological polar surface area (TPSA) is 68.6 Å². The fraction of sp³-hybridized carbons (Fsp3) is 0.0556. The molecule has 0 bridgehead atoms. The first-order chi connectivity index (χ1) is 11.3. The Morgan fingerprint density at radius 1 is 0.783 bits per heavy atom. The molecule has 0 atom stereocenters. The number of benzene rings is 1. The third kappa shape index (κ3) is 2.64. The predicted molar refractivity (Wildman–Crippen MR) is 88.2 cm³/mol. The van der Waals surface area contributed by atoms with E-state index in [1.54, 1.807) is 24.4 Å². The molecule has 0 spiro atoms. The normalized spacial score (nSPS) is 11.0. The van der Waals surface area contributed by atoms with Crippen LogP contribution in [0.3, 0.4) is 0 Å². The SMILES string of the molecule is O=c1nc2ccc(Cc3ccccc3)nc2nc2ncccc12. The number of aromatic nitrogens is 4. The minimum Gasteiger partial charge on any atom is -0.267 e. The molecular weight excluding hydrogens is 288 g/mol. The lowest BCUT2D eigenvalue weighted by Gasteiger charge is -2.01. The van der Waals surface area contributed by atoms with Crippen LogP contribution in [0.1, 0.15) is 11.3 Å². The molecule has 0 fully saturated rings. The van der Waals surface area contributed by atoms with E-state index in [0.717, 1.165) is 5.69 Å². The molecule has 4 rings (SSSR count). The summed E-state index contributed by atoms with van der Waals surface area (Å²) in [5.74, 6) is 0. The van der Waals surface area contributed by atoms with Crippen molar-refractivity contribution < 1.29 is 0 Å². The molecule has 0 unspecified atom stereocenters. The van der Waals surface area contributed by atoms with Gasteiger partial charge < -0.3 is 0 Å². The third-order valence-corrected chi connectivity index (χ3v) is 3.59. The first kappa shape index (κ1) is 13.5.